The Labute approximate surface area is 148 Å². The highest BCUT2D eigenvalue weighted by Gasteiger charge is 2.44. The number of nitrogens with zero attached hydrogens (tertiary/aromatic N) is 1. The number of piperidine rings is 1. The summed E-state index contributed by atoms with van der Waals surface area (Å²) in [4.78, 5) is 26.3. The van der Waals surface area contributed by atoms with E-state index in [1.807, 2.05) is 0 Å². The molecule has 0 bridgehead atoms. The number of ether oxygens (including phenoxy) is 3. The van der Waals surface area contributed by atoms with Crippen molar-refractivity contribution >= 4 is 11.9 Å². The number of fused-ring (bicyclic) bond motifs is 1. The van der Waals surface area contributed by atoms with E-state index in [0.29, 0.717) is 56.0 Å². The Kier molecular flexibility index (Phi) is 5.16. The highest BCUT2D eigenvalue weighted by atomic mass is 16.6. The number of methoxy groups -OCH3 is 1. The van der Waals surface area contributed by atoms with E-state index in [4.69, 9.17) is 14.2 Å². The van der Waals surface area contributed by atoms with Gasteiger partial charge in [-0.25, -0.2) is 4.79 Å². The van der Waals surface area contributed by atoms with Gasteiger partial charge in [0.25, 0.3) is 0 Å². The number of ketones is 1. The molecule has 6 nitrogen and oxygen atoms in total. The van der Waals surface area contributed by atoms with Gasteiger partial charge in [-0.1, -0.05) is 13.3 Å². The zero-order valence-electron chi connectivity index (χ0n) is 14.9. The van der Waals surface area contributed by atoms with Crippen molar-refractivity contribution in [2.24, 2.45) is 0 Å². The average molecular weight is 347 g/mol. The van der Waals surface area contributed by atoms with E-state index in [1.165, 1.54) is 0 Å². The third-order valence-electron chi connectivity index (χ3n) is 4.95. The van der Waals surface area contributed by atoms with Crippen LogP contribution in [0.2, 0.25) is 0 Å². The molecule has 25 heavy (non-hydrogen) atoms. The molecule has 0 N–H and O–H groups in total. The molecule has 6 heteroatoms. The van der Waals surface area contributed by atoms with Crippen LogP contribution in [-0.4, -0.2) is 49.2 Å². The molecule has 2 heterocycles. The Hall–Kier alpha value is -2.24. The summed E-state index contributed by atoms with van der Waals surface area (Å²) in [5.41, 5.74) is 0.0734. The number of likely N-dealkylation sites (tertiary alicyclic amines) is 1. The van der Waals surface area contributed by atoms with Gasteiger partial charge >= 0.3 is 6.09 Å². The van der Waals surface area contributed by atoms with Crippen LogP contribution in [0.4, 0.5) is 4.79 Å². The largest absolute Gasteiger partial charge is 0.497 e. The third-order valence-corrected chi connectivity index (χ3v) is 4.95. The molecule has 3 rings (SSSR count). The maximum absolute atomic E-state index is 12.5. The van der Waals surface area contributed by atoms with Crippen LogP contribution in [0.25, 0.3) is 0 Å². The van der Waals surface area contributed by atoms with Gasteiger partial charge in [-0.3, -0.25) is 4.79 Å². The average Bonchev–Trinajstić information content (AvgIpc) is 2.61. The molecule has 1 amide bonds. The van der Waals surface area contributed by atoms with Gasteiger partial charge in [0, 0.05) is 32.0 Å². The molecule has 0 aliphatic carbocycles. The van der Waals surface area contributed by atoms with E-state index in [0.717, 1.165) is 12.8 Å². The van der Waals surface area contributed by atoms with Crippen LogP contribution in [0, 0.1) is 0 Å². The molecule has 2 aliphatic rings. The fourth-order valence-electron chi connectivity index (χ4n) is 3.37. The monoisotopic (exact) mass is 347 g/mol. The Morgan fingerprint density at radius 3 is 2.76 bits per heavy atom. The molecule has 0 saturated carbocycles. The summed E-state index contributed by atoms with van der Waals surface area (Å²) in [6.45, 7) is 3.59. The van der Waals surface area contributed by atoms with Crippen molar-refractivity contribution in [3.8, 4) is 11.5 Å². The summed E-state index contributed by atoms with van der Waals surface area (Å²) in [6.07, 6.45) is 3.20. The normalized spacial score (nSPS) is 18.5. The fourth-order valence-corrected chi connectivity index (χ4v) is 3.37. The molecule has 1 saturated heterocycles. The number of hydrogen-bond donors (Lipinski definition) is 0. The summed E-state index contributed by atoms with van der Waals surface area (Å²) >= 11 is 0. The van der Waals surface area contributed by atoms with E-state index in [1.54, 1.807) is 30.2 Å². The first-order chi connectivity index (χ1) is 12.1. The van der Waals surface area contributed by atoms with Crippen molar-refractivity contribution in [1.29, 1.82) is 0 Å². The van der Waals surface area contributed by atoms with E-state index in [2.05, 4.69) is 6.92 Å². The van der Waals surface area contributed by atoms with Gasteiger partial charge < -0.3 is 19.1 Å². The van der Waals surface area contributed by atoms with Crippen LogP contribution < -0.4 is 9.47 Å². The van der Waals surface area contributed by atoms with Gasteiger partial charge in [0.05, 0.1) is 25.7 Å². The molecule has 0 aromatic heterocycles. The van der Waals surface area contributed by atoms with E-state index in [9.17, 15) is 9.59 Å². The van der Waals surface area contributed by atoms with Crippen LogP contribution in [-0.2, 0) is 4.74 Å². The third kappa shape index (κ3) is 3.72. The van der Waals surface area contributed by atoms with Crippen LogP contribution in [0.3, 0.4) is 0 Å². The molecule has 0 atom stereocenters. The first kappa shape index (κ1) is 17.6. The van der Waals surface area contributed by atoms with E-state index in [-0.39, 0.29) is 11.9 Å². The Balaban J connectivity index is 1.65. The van der Waals surface area contributed by atoms with Gasteiger partial charge in [0.2, 0.25) is 0 Å². The minimum Gasteiger partial charge on any atom is -0.497 e. The Bertz CT molecular complexity index is 649. The second-order valence-corrected chi connectivity index (χ2v) is 6.70. The number of carbonyl (C=O) groups is 2. The van der Waals surface area contributed by atoms with E-state index < -0.39 is 5.60 Å². The lowest BCUT2D eigenvalue weighted by Crippen LogP contribution is -2.52. The number of rotatable bonds is 4. The first-order valence-corrected chi connectivity index (χ1v) is 8.89. The topological polar surface area (TPSA) is 65.1 Å². The van der Waals surface area contributed by atoms with Crippen molar-refractivity contribution in [3.63, 3.8) is 0 Å². The second kappa shape index (κ2) is 7.33. The van der Waals surface area contributed by atoms with Gasteiger partial charge in [-0.2, -0.15) is 0 Å². The van der Waals surface area contributed by atoms with Crippen molar-refractivity contribution in [2.45, 2.75) is 44.6 Å². The Morgan fingerprint density at radius 1 is 1.32 bits per heavy atom. The standard InChI is InChI=1S/C19H25NO5/c1-3-4-11-24-18(22)20-9-7-19(8-10-20)13-16(21)15-6-5-14(23-2)12-17(15)25-19/h5-6,12H,3-4,7-11,13H2,1-2H3. The number of carbonyl (C=O) groups excluding carboxylic acids is 2. The summed E-state index contributed by atoms with van der Waals surface area (Å²) in [7, 11) is 1.59. The van der Waals surface area contributed by atoms with Crippen LogP contribution in [0.1, 0.15) is 49.4 Å². The fraction of sp³-hybridized carbons (Fsp3) is 0.579. The molecule has 1 aromatic rings. The number of amides is 1. The molecule has 2 aliphatic heterocycles. The smallest absolute Gasteiger partial charge is 0.409 e. The molecular formula is C19H25NO5. The highest BCUT2D eigenvalue weighted by Crippen LogP contribution is 2.40. The Morgan fingerprint density at radius 2 is 2.08 bits per heavy atom. The molecule has 0 unspecified atom stereocenters. The summed E-state index contributed by atoms with van der Waals surface area (Å²) in [5.74, 6) is 1.33. The second-order valence-electron chi connectivity index (χ2n) is 6.70. The lowest BCUT2D eigenvalue weighted by Gasteiger charge is -2.43. The maximum atomic E-state index is 12.5. The lowest BCUT2D eigenvalue weighted by atomic mass is 9.82. The minimum atomic E-state index is -0.531. The summed E-state index contributed by atoms with van der Waals surface area (Å²) < 4.78 is 16.7. The predicted octanol–water partition coefficient (Wildman–Crippen LogP) is 3.43. The van der Waals surface area contributed by atoms with Gasteiger partial charge in [0.1, 0.15) is 17.1 Å². The SMILES string of the molecule is CCCCOC(=O)N1CCC2(CC1)CC(=O)c1ccc(OC)cc1O2. The van der Waals surface area contributed by atoms with Crippen molar-refractivity contribution in [3.05, 3.63) is 23.8 Å². The summed E-state index contributed by atoms with van der Waals surface area (Å²) in [5, 5.41) is 0. The van der Waals surface area contributed by atoms with E-state index >= 15 is 0 Å². The number of unbranched alkanes of at least 4 members (excludes halogenated alkanes) is 1. The van der Waals surface area contributed by atoms with Crippen molar-refractivity contribution in [2.75, 3.05) is 26.8 Å². The number of benzene rings is 1. The molecule has 1 spiro atoms. The van der Waals surface area contributed by atoms with Crippen LogP contribution in [0.15, 0.2) is 18.2 Å². The molecule has 136 valence electrons. The molecule has 0 radical (unpaired) electrons. The quantitative estimate of drug-likeness (QED) is 0.781. The van der Waals surface area contributed by atoms with Gasteiger partial charge in [-0.15, -0.1) is 0 Å². The summed E-state index contributed by atoms with van der Waals surface area (Å²) in [6, 6.07) is 5.29. The van der Waals surface area contributed by atoms with Crippen molar-refractivity contribution < 1.29 is 23.8 Å². The van der Waals surface area contributed by atoms with Crippen molar-refractivity contribution in [1.82, 2.24) is 4.90 Å². The van der Waals surface area contributed by atoms with Crippen LogP contribution in [0.5, 0.6) is 11.5 Å². The first-order valence-electron chi connectivity index (χ1n) is 8.89. The predicted molar refractivity (Wildman–Crippen MR) is 92.4 cm³/mol. The number of hydrogen-bond acceptors (Lipinski definition) is 5. The number of Topliss-reactive ketones (excluding diaryl/α,β-unsaturated/α-hetero) is 1. The molecular weight excluding hydrogens is 322 g/mol. The lowest BCUT2D eigenvalue weighted by molar-refractivity contribution is -0.00923. The van der Waals surface area contributed by atoms with Crippen LogP contribution >= 0.6 is 0 Å². The highest BCUT2D eigenvalue weighted by molar-refractivity contribution is 6.00. The van der Waals surface area contributed by atoms with Gasteiger partial charge in [0.15, 0.2) is 5.78 Å². The zero-order chi connectivity index (χ0) is 17.9. The maximum Gasteiger partial charge on any atom is 0.409 e. The minimum absolute atomic E-state index is 0.0860. The molecule has 1 aromatic carbocycles. The zero-order valence-corrected chi connectivity index (χ0v) is 14.9. The molecule has 1 fully saturated rings. The van der Waals surface area contributed by atoms with Gasteiger partial charge in [-0.05, 0) is 18.6 Å².